The molecule has 0 N–H and O–H groups in total. The van der Waals surface area contributed by atoms with Crippen molar-refractivity contribution in [2.75, 3.05) is 0 Å². The topological polar surface area (TPSA) is 0 Å². The molecule has 0 spiro atoms. The second-order valence-corrected chi connectivity index (χ2v) is 5.01. The van der Waals surface area contributed by atoms with Gasteiger partial charge in [0.15, 0.2) is 0 Å². The van der Waals surface area contributed by atoms with Crippen molar-refractivity contribution in [1.82, 2.24) is 0 Å². The highest BCUT2D eigenvalue weighted by Crippen LogP contribution is 2.43. The molecule has 0 aromatic rings. The minimum atomic E-state index is -4.85. The standard InChI is InChI=1S/C5H6Br2F4/c1-3(6)2-4(7,8)5(9,10)11/h3H,2H2,1H3. The van der Waals surface area contributed by atoms with Gasteiger partial charge in [-0.2, -0.15) is 13.2 Å². The summed E-state index contributed by atoms with van der Waals surface area (Å²) in [5.74, 6) is 0. The minimum Gasteiger partial charge on any atom is -0.221 e. The first-order chi connectivity index (χ1) is 4.67. The number of halogens is 6. The van der Waals surface area contributed by atoms with Gasteiger partial charge in [-0.05, 0) is 15.9 Å². The summed E-state index contributed by atoms with van der Waals surface area (Å²) < 4.78 is 44.6. The smallest absolute Gasteiger partial charge is 0.221 e. The van der Waals surface area contributed by atoms with Crippen LogP contribution in [-0.4, -0.2) is 15.6 Å². The van der Waals surface area contributed by atoms with Crippen LogP contribution in [0, 0.1) is 0 Å². The largest absolute Gasteiger partial charge is 0.432 e. The Balaban J connectivity index is 4.22. The molecule has 2 atom stereocenters. The Labute approximate surface area is 78.6 Å². The van der Waals surface area contributed by atoms with Gasteiger partial charge in [-0.3, -0.25) is 0 Å². The van der Waals surface area contributed by atoms with E-state index in [4.69, 9.17) is 0 Å². The molecule has 0 aliphatic carbocycles. The Bertz CT molecular complexity index is 129. The van der Waals surface area contributed by atoms with Crippen LogP contribution in [0.5, 0.6) is 0 Å². The predicted molar refractivity (Wildman–Crippen MR) is 41.8 cm³/mol. The summed E-state index contributed by atoms with van der Waals surface area (Å²) in [5.41, 5.74) is 0. The lowest BCUT2D eigenvalue weighted by atomic mass is 10.2. The fraction of sp³-hybridized carbons (Fsp3) is 1.00. The Kier molecular flexibility index (Phi) is 3.82. The number of hydrogen-bond acceptors (Lipinski definition) is 0. The summed E-state index contributed by atoms with van der Waals surface area (Å²) in [6.45, 7) is 1.45. The Morgan fingerprint density at radius 2 is 1.64 bits per heavy atom. The second-order valence-electron chi connectivity index (χ2n) is 2.19. The van der Waals surface area contributed by atoms with Gasteiger partial charge in [0.05, 0.1) is 0 Å². The quantitative estimate of drug-likeness (QED) is 0.538. The van der Waals surface area contributed by atoms with Crippen molar-refractivity contribution < 1.29 is 17.6 Å². The summed E-state index contributed by atoms with van der Waals surface area (Å²) in [5, 5.41) is 0. The maximum absolute atomic E-state index is 12.6. The van der Waals surface area contributed by atoms with Crippen LogP contribution in [0.2, 0.25) is 0 Å². The van der Waals surface area contributed by atoms with Gasteiger partial charge in [0.2, 0.25) is 0 Å². The summed E-state index contributed by atoms with van der Waals surface area (Å²) in [6, 6.07) is 0. The van der Waals surface area contributed by atoms with Crippen LogP contribution in [0.1, 0.15) is 13.3 Å². The first-order valence-electron chi connectivity index (χ1n) is 2.75. The Morgan fingerprint density at radius 3 is 1.73 bits per heavy atom. The zero-order valence-corrected chi connectivity index (χ0v) is 8.72. The highest BCUT2D eigenvalue weighted by molar-refractivity contribution is 9.10. The van der Waals surface area contributed by atoms with Crippen molar-refractivity contribution in [1.29, 1.82) is 0 Å². The summed E-state index contributed by atoms with van der Waals surface area (Å²) in [7, 11) is 0. The summed E-state index contributed by atoms with van der Waals surface area (Å²) in [6.07, 6.45) is -5.49. The van der Waals surface area contributed by atoms with Gasteiger partial charge in [0, 0.05) is 11.2 Å². The normalized spacial score (nSPS) is 21.0. The molecule has 0 aromatic heterocycles. The Hall–Kier alpha value is 0.680. The zero-order chi connectivity index (χ0) is 9.28. The van der Waals surface area contributed by atoms with Gasteiger partial charge in [0.1, 0.15) is 0 Å². The molecule has 0 radical (unpaired) electrons. The molecule has 0 aliphatic rings. The molecule has 11 heavy (non-hydrogen) atoms. The lowest BCUT2D eigenvalue weighted by molar-refractivity contribution is -0.193. The SMILES string of the molecule is CC(Br)CC(F)(Br)C(F)(F)F. The molecule has 68 valence electrons. The van der Waals surface area contributed by atoms with Crippen molar-refractivity contribution in [2.24, 2.45) is 0 Å². The highest BCUT2D eigenvalue weighted by Gasteiger charge is 2.54. The molecule has 6 heteroatoms. The van der Waals surface area contributed by atoms with Crippen molar-refractivity contribution in [3.8, 4) is 0 Å². The molecule has 0 bridgehead atoms. The average molecular weight is 302 g/mol. The number of hydrogen-bond donors (Lipinski definition) is 0. The van der Waals surface area contributed by atoms with E-state index < -0.39 is 22.0 Å². The van der Waals surface area contributed by atoms with E-state index in [1.54, 1.807) is 0 Å². The molecule has 0 heterocycles. The third-order valence-corrected chi connectivity index (χ3v) is 2.05. The van der Waals surface area contributed by atoms with Crippen molar-refractivity contribution in [3.63, 3.8) is 0 Å². The van der Waals surface area contributed by atoms with Crippen LogP contribution in [0.25, 0.3) is 0 Å². The van der Waals surface area contributed by atoms with Crippen LogP contribution < -0.4 is 0 Å². The van der Waals surface area contributed by atoms with E-state index in [1.807, 2.05) is 15.9 Å². The number of alkyl halides is 6. The fourth-order valence-corrected chi connectivity index (χ4v) is 1.84. The molecule has 0 rings (SSSR count). The first kappa shape index (κ1) is 11.7. The third kappa shape index (κ3) is 3.73. The molecule has 0 nitrogen and oxygen atoms in total. The molecule has 0 saturated heterocycles. The second kappa shape index (κ2) is 3.60. The lowest BCUT2D eigenvalue weighted by Crippen LogP contribution is -2.36. The van der Waals surface area contributed by atoms with Crippen LogP contribution in [0.4, 0.5) is 17.6 Å². The zero-order valence-electron chi connectivity index (χ0n) is 5.55. The van der Waals surface area contributed by atoms with E-state index in [0.29, 0.717) is 0 Å². The van der Waals surface area contributed by atoms with Gasteiger partial charge >= 0.3 is 6.18 Å². The van der Waals surface area contributed by atoms with E-state index >= 15 is 0 Å². The monoisotopic (exact) mass is 300 g/mol. The van der Waals surface area contributed by atoms with Crippen molar-refractivity contribution in [2.45, 2.75) is 28.9 Å². The van der Waals surface area contributed by atoms with Crippen LogP contribution in [0.3, 0.4) is 0 Å². The van der Waals surface area contributed by atoms with E-state index in [-0.39, 0.29) is 0 Å². The van der Waals surface area contributed by atoms with Gasteiger partial charge in [0.25, 0.3) is 4.58 Å². The molecule has 0 amide bonds. The van der Waals surface area contributed by atoms with Gasteiger partial charge in [-0.1, -0.05) is 22.9 Å². The highest BCUT2D eigenvalue weighted by atomic mass is 79.9. The number of rotatable bonds is 2. The van der Waals surface area contributed by atoms with E-state index in [1.165, 1.54) is 6.92 Å². The van der Waals surface area contributed by atoms with Gasteiger partial charge in [-0.25, -0.2) is 4.39 Å². The molecular formula is C5H6Br2F4. The summed E-state index contributed by atoms with van der Waals surface area (Å²) >= 11 is 4.81. The van der Waals surface area contributed by atoms with Gasteiger partial charge < -0.3 is 0 Å². The molecule has 0 saturated carbocycles. The maximum atomic E-state index is 12.6. The average Bonchev–Trinajstić information content (AvgIpc) is 1.56. The minimum absolute atomic E-state index is 0.520. The molecule has 2 unspecified atom stereocenters. The van der Waals surface area contributed by atoms with Gasteiger partial charge in [-0.15, -0.1) is 0 Å². The first-order valence-corrected chi connectivity index (χ1v) is 4.46. The van der Waals surface area contributed by atoms with Crippen LogP contribution in [-0.2, 0) is 0 Å². The van der Waals surface area contributed by atoms with E-state index in [0.717, 1.165) is 0 Å². The van der Waals surface area contributed by atoms with Crippen molar-refractivity contribution >= 4 is 31.9 Å². The molecular weight excluding hydrogens is 296 g/mol. The molecule has 0 aromatic carbocycles. The lowest BCUT2D eigenvalue weighted by Gasteiger charge is -2.22. The predicted octanol–water partition coefficient (Wildman–Crippen LogP) is 3.78. The maximum Gasteiger partial charge on any atom is 0.432 e. The van der Waals surface area contributed by atoms with E-state index in [2.05, 4.69) is 15.9 Å². The molecule has 0 fully saturated rings. The van der Waals surface area contributed by atoms with Crippen molar-refractivity contribution in [3.05, 3.63) is 0 Å². The summed E-state index contributed by atoms with van der Waals surface area (Å²) in [4.78, 5) is -0.520. The van der Waals surface area contributed by atoms with Crippen LogP contribution in [0.15, 0.2) is 0 Å². The van der Waals surface area contributed by atoms with Crippen LogP contribution >= 0.6 is 31.9 Å². The fourth-order valence-electron chi connectivity index (χ4n) is 0.469. The Morgan fingerprint density at radius 1 is 1.27 bits per heavy atom. The van der Waals surface area contributed by atoms with E-state index in [9.17, 15) is 17.6 Å². The molecule has 0 aliphatic heterocycles. The third-order valence-electron chi connectivity index (χ3n) is 0.952.